The molecule has 0 aliphatic rings. The Bertz CT molecular complexity index is 1640. The number of nitro benzene ring substituents is 1. The van der Waals surface area contributed by atoms with Crippen molar-refractivity contribution in [1.29, 1.82) is 0 Å². The van der Waals surface area contributed by atoms with Crippen LogP contribution in [-0.2, 0) is 10.0 Å². The Balaban J connectivity index is 1.40. The highest BCUT2D eigenvalue weighted by Crippen LogP contribution is 2.34. The lowest BCUT2D eigenvalue weighted by Crippen LogP contribution is -2.14. The van der Waals surface area contributed by atoms with E-state index in [0.717, 1.165) is 9.79 Å². The van der Waals surface area contributed by atoms with Crippen LogP contribution < -0.4 is 4.72 Å². The number of sulfonamides is 1. The lowest BCUT2D eigenvalue weighted by Gasteiger charge is -2.08. The molecule has 1 N–H and O–H groups in total. The number of nitro groups is 1. The van der Waals surface area contributed by atoms with E-state index < -0.39 is 14.9 Å². The second-order valence-corrected chi connectivity index (χ2v) is 10.6. The third kappa shape index (κ3) is 5.55. The van der Waals surface area contributed by atoms with E-state index in [2.05, 4.69) is 9.71 Å². The Morgan fingerprint density at radius 2 is 1.30 bits per heavy atom. The first-order valence-electron chi connectivity index (χ1n) is 11.1. The van der Waals surface area contributed by atoms with E-state index in [-0.39, 0.29) is 22.4 Å². The first-order valence-corrected chi connectivity index (χ1v) is 13.4. The van der Waals surface area contributed by atoms with Crippen molar-refractivity contribution in [3.05, 3.63) is 119 Å². The number of benzene rings is 4. The molecule has 37 heavy (non-hydrogen) atoms. The Morgan fingerprint density at radius 3 is 1.86 bits per heavy atom. The largest absolute Gasteiger partial charge is 0.435 e. The van der Waals surface area contributed by atoms with Crippen molar-refractivity contribution in [3.63, 3.8) is 0 Å². The van der Waals surface area contributed by atoms with E-state index in [1.54, 1.807) is 72.8 Å². The minimum absolute atomic E-state index is 0.0206. The molecule has 0 fully saturated rings. The molecular formula is C27H19N3O5S2. The van der Waals surface area contributed by atoms with Gasteiger partial charge in [0.25, 0.3) is 15.7 Å². The van der Waals surface area contributed by atoms with E-state index >= 15 is 0 Å². The summed E-state index contributed by atoms with van der Waals surface area (Å²) in [6.07, 6.45) is 0. The highest BCUT2D eigenvalue weighted by atomic mass is 32.2. The normalized spacial score (nSPS) is 11.2. The number of hydrogen-bond donors (Lipinski definition) is 1. The first-order chi connectivity index (χ1) is 17.9. The van der Waals surface area contributed by atoms with Crippen molar-refractivity contribution >= 4 is 33.2 Å². The van der Waals surface area contributed by atoms with Gasteiger partial charge in [-0.2, -0.15) is 13.4 Å². The van der Waals surface area contributed by atoms with Gasteiger partial charge in [-0.1, -0.05) is 60.3 Å². The van der Waals surface area contributed by atoms with Gasteiger partial charge in [0.05, 0.1) is 4.92 Å². The molecule has 0 unspecified atom stereocenters. The molecule has 0 amide bonds. The average molecular weight is 530 g/mol. The summed E-state index contributed by atoms with van der Waals surface area (Å²) in [6, 6.07) is 31.1. The zero-order valence-electron chi connectivity index (χ0n) is 19.1. The van der Waals surface area contributed by atoms with Gasteiger partial charge < -0.3 is 4.42 Å². The number of hydrogen-bond acceptors (Lipinski definition) is 7. The molecule has 0 atom stereocenters. The number of nitrogens with one attached hydrogen (secondary N) is 1. The maximum atomic E-state index is 13.4. The Hall–Kier alpha value is -4.41. The monoisotopic (exact) mass is 529 g/mol. The van der Waals surface area contributed by atoms with Gasteiger partial charge in [-0.15, -0.1) is 0 Å². The van der Waals surface area contributed by atoms with Crippen molar-refractivity contribution in [1.82, 2.24) is 4.98 Å². The van der Waals surface area contributed by atoms with E-state index in [0.29, 0.717) is 16.8 Å². The Kier molecular flexibility index (Phi) is 6.76. The molecule has 184 valence electrons. The van der Waals surface area contributed by atoms with E-state index in [1.165, 1.54) is 23.9 Å². The van der Waals surface area contributed by atoms with Crippen LogP contribution in [0.5, 0.6) is 0 Å². The van der Waals surface area contributed by atoms with Gasteiger partial charge in [0.15, 0.2) is 5.76 Å². The predicted molar refractivity (Wildman–Crippen MR) is 142 cm³/mol. The number of aromatic nitrogens is 1. The SMILES string of the molecule is O=[N+]([O-])c1ccc(Sc2ccc(NS(=O)(=O)c3nc(-c4ccccc4)oc3-c3ccccc3)cc2)cc1. The quantitative estimate of drug-likeness (QED) is 0.172. The fraction of sp³-hybridized carbons (Fsp3) is 0. The third-order valence-electron chi connectivity index (χ3n) is 5.30. The standard InChI is InChI=1S/C27H19N3O5S2/c31-30(32)22-13-17-24(18-14-22)36-23-15-11-21(12-16-23)29-37(33,34)27-25(19-7-3-1-4-8-19)35-26(28-27)20-9-5-2-6-10-20/h1-18,29H. The summed E-state index contributed by atoms with van der Waals surface area (Å²) in [5, 5.41) is 10.6. The molecule has 0 saturated carbocycles. The predicted octanol–water partition coefficient (Wildman–Crippen LogP) is 6.87. The van der Waals surface area contributed by atoms with Gasteiger partial charge in [-0.05, 0) is 48.5 Å². The summed E-state index contributed by atoms with van der Waals surface area (Å²) >= 11 is 1.40. The first kappa shape index (κ1) is 24.3. The van der Waals surface area contributed by atoms with E-state index in [4.69, 9.17) is 4.42 Å². The Morgan fingerprint density at radius 1 is 0.757 bits per heavy atom. The highest BCUT2D eigenvalue weighted by molar-refractivity contribution is 7.99. The van der Waals surface area contributed by atoms with Crippen LogP contribution >= 0.6 is 11.8 Å². The van der Waals surface area contributed by atoms with Crippen LogP contribution in [0.25, 0.3) is 22.8 Å². The van der Waals surface area contributed by atoms with E-state index in [1.807, 2.05) is 24.3 Å². The van der Waals surface area contributed by atoms with Crippen molar-refractivity contribution in [2.24, 2.45) is 0 Å². The van der Waals surface area contributed by atoms with Crippen molar-refractivity contribution < 1.29 is 17.8 Å². The maximum Gasteiger partial charge on any atom is 0.283 e. The fourth-order valence-electron chi connectivity index (χ4n) is 3.53. The number of anilines is 1. The molecule has 8 nitrogen and oxygen atoms in total. The molecule has 1 heterocycles. The fourth-order valence-corrected chi connectivity index (χ4v) is 5.50. The molecule has 5 aromatic rings. The van der Waals surface area contributed by atoms with Crippen LogP contribution in [0, 0.1) is 10.1 Å². The van der Waals surface area contributed by atoms with E-state index in [9.17, 15) is 18.5 Å². The minimum atomic E-state index is -4.09. The van der Waals surface area contributed by atoms with Gasteiger partial charge in [-0.3, -0.25) is 14.8 Å². The number of nitrogens with zero attached hydrogens (tertiary/aromatic N) is 2. The molecule has 0 aliphatic heterocycles. The van der Waals surface area contributed by atoms with Crippen molar-refractivity contribution in [2.75, 3.05) is 4.72 Å². The van der Waals surface area contributed by atoms with Gasteiger partial charge in [0.2, 0.25) is 10.9 Å². The second kappa shape index (κ2) is 10.3. The van der Waals surface area contributed by atoms with Gasteiger partial charge >= 0.3 is 0 Å². The number of non-ortho nitro benzene ring substituents is 1. The van der Waals surface area contributed by atoms with Crippen LogP contribution in [0.1, 0.15) is 0 Å². The zero-order chi connectivity index (χ0) is 25.8. The molecular weight excluding hydrogens is 510 g/mol. The molecule has 0 radical (unpaired) electrons. The number of oxazole rings is 1. The highest BCUT2D eigenvalue weighted by Gasteiger charge is 2.27. The smallest absolute Gasteiger partial charge is 0.283 e. The summed E-state index contributed by atoms with van der Waals surface area (Å²) in [5.74, 6) is 0.354. The molecule has 10 heteroatoms. The average Bonchev–Trinajstić information content (AvgIpc) is 3.38. The van der Waals surface area contributed by atoms with Crippen LogP contribution in [0.3, 0.4) is 0 Å². The zero-order valence-corrected chi connectivity index (χ0v) is 20.8. The molecule has 1 aromatic heterocycles. The van der Waals surface area contributed by atoms with Gasteiger partial charge in [0.1, 0.15) is 0 Å². The van der Waals surface area contributed by atoms with Gasteiger partial charge in [-0.25, -0.2) is 0 Å². The molecule has 4 aromatic carbocycles. The van der Waals surface area contributed by atoms with Crippen LogP contribution in [0.2, 0.25) is 0 Å². The molecule has 0 bridgehead atoms. The van der Waals surface area contributed by atoms with Crippen LogP contribution in [0.15, 0.2) is 128 Å². The third-order valence-corrected chi connectivity index (χ3v) is 7.60. The Labute approximate surface area is 217 Å². The molecule has 0 spiro atoms. The summed E-state index contributed by atoms with van der Waals surface area (Å²) < 4.78 is 35.3. The summed E-state index contributed by atoms with van der Waals surface area (Å²) in [4.78, 5) is 16.4. The summed E-state index contributed by atoms with van der Waals surface area (Å²) in [6.45, 7) is 0. The molecule has 0 saturated heterocycles. The van der Waals surface area contributed by atoms with Crippen molar-refractivity contribution in [3.8, 4) is 22.8 Å². The van der Waals surface area contributed by atoms with Crippen molar-refractivity contribution in [2.45, 2.75) is 14.8 Å². The second-order valence-electron chi connectivity index (χ2n) is 7.87. The lowest BCUT2D eigenvalue weighted by atomic mass is 10.2. The maximum absolute atomic E-state index is 13.4. The number of rotatable bonds is 8. The molecule has 5 rings (SSSR count). The van der Waals surface area contributed by atoms with Crippen LogP contribution in [0.4, 0.5) is 11.4 Å². The summed E-state index contributed by atoms with van der Waals surface area (Å²) in [7, 11) is -4.09. The molecule has 0 aliphatic carbocycles. The van der Waals surface area contributed by atoms with Crippen LogP contribution in [-0.4, -0.2) is 18.3 Å². The minimum Gasteiger partial charge on any atom is -0.435 e. The lowest BCUT2D eigenvalue weighted by molar-refractivity contribution is -0.384. The van der Waals surface area contributed by atoms with Gasteiger partial charge in [0, 0.05) is 38.7 Å². The topological polar surface area (TPSA) is 115 Å². The summed E-state index contributed by atoms with van der Waals surface area (Å²) in [5.41, 5.74) is 1.63.